The zero-order valence-corrected chi connectivity index (χ0v) is 7.62. The van der Waals surface area contributed by atoms with Crippen molar-refractivity contribution in [2.24, 2.45) is 0 Å². The van der Waals surface area contributed by atoms with Gasteiger partial charge in [0, 0.05) is 0 Å². The number of hydrogen-bond donors (Lipinski definition) is 0. The molecule has 0 heterocycles. The lowest BCUT2D eigenvalue weighted by Crippen LogP contribution is -1.74. The van der Waals surface area contributed by atoms with Gasteiger partial charge in [-0.3, -0.25) is 0 Å². The molecule has 0 saturated carbocycles. The molecule has 0 nitrogen and oxygen atoms in total. The Hall–Kier alpha value is -1.82. The molecule has 0 radical (unpaired) electrons. The summed E-state index contributed by atoms with van der Waals surface area (Å²) >= 11 is 0. The van der Waals surface area contributed by atoms with Crippen LogP contribution in [0.1, 0.15) is 2.74 Å². The molecule has 0 fully saturated rings. The van der Waals surface area contributed by atoms with E-state index in [0.717, 1.165) is 16.2 Å². The quantitative estimate of drug-likeness (QED) is 0.459. The summed E-state index contributed by atoms with van der Waals surface area (Å²) in [6.45, 7) is 0. The van der Waals surface area contributed by atoms with Gasteiger partial charge in [0.15, 0.2) is 0 Å². The van der Waals surface area contributed by atoms with Gasteiger partial charge in [-0.05, 0) is 33.7 Å². The highest BCUT2D eigenvalue weighted by molar-refractivity contribution is 5.97. The molecule has 0 bridgehead atoms. The molecule has 14 heavy (non-hydrogen) atoms. The molecular formula is C14H10. The monoisotopic (exact) mass is 180 g/mol. The van der Waals surface area contributed by atoms with E-state index < -0.39 is 0 Å². The molecule has 0 aliphatic heterocycles. The molecule has 0 unspecified atom stereocenters. The Morgan fingerprint density at radius 2 is 1.29 bits per heavy atom. The smallest absolute Gasteiger partial charge is 0.0616 e. The van der Waals surface area contributed by atoms with Gasteiger partial charge in [0.1, 0.15) is 0 Å². The summed E-state index contributed by atoms with van der Waals surface area (Å²) in [7, 11) is 0. The first-order chi connectivity index (χ1) is 7.75. The molecule has 0 aromatic heterocycles. The van der Waals surface area contributed by atoms with E-state index in [1.54, 1.807) is 6.07 Å². The molecule has 3 rings (SSSR count). The molecule has 66 valence electrons. The van der Waals surface area contributed by atoms with Gasteiger partial charge in [-0.2, -0.15) is 0 Å². The van der Waals surface area contributed by atoms with Gasteiger partial charge in [-0.1, -0.05) is 48.5 Å². The third-order valence-corrected chi connectivity index (χ3v) is 2.47. The zero-order chi connectivity index (χ0) is 11.1. The van der Waals surface area contributed by atoms with Crippen LogP contribution >= 0.6 is 0 Å². The van der Waals surface area contributed by atoms with Crippen molar-refractivity contribution in [2.45, 2.75) is 0 Å². The summed E-state index contributed by atoms with van der Waals surface area (Å²) in [4.78, 5) is 0. The molecule has 0 aliphatic rings. The summed E-state index contributed by atoms with van der Waals surface area (Å²) in [6.07, 6.45) is 0. The van der Waals surface area contributed by atoms with Crippen molar-refractivity contribution in [1.29, 1.82) is 0 Å². The average molecular weight is 180 g/mol. The third kappa shape index (κ3) is 1.08. The lowest BCUT2D eigenvalue weighted by atomic mass is 10.0. The van der Waals surface area contributed by atoms with E-state index in [9.17, 15) is 0 Å². The van der Waals surface area contributed by atoms with E-state index in [1.807, 2.05) is 30.3 Å². The first kappa shape index (κ1) is 5.82. The predicted octanol–water partition coefficient (Wildman–Crippen LogP) is 3.99. The first-order valence-corrected chi connectivity index (χ1v) is 4.64. The Morgan fingerprint density at radius 1 is 0.714 bits per heavy atom. The lowest BCUT2D eigenvalue weighted by molar-refractivity contribution is 1.76. The van der Waals surface area contributed by atoms with Gasteiger partial charge in [-0.15, -0.1) is 0 Å². The van der Waals surface area contributed by atoms with Crippen LogP contribution in [0.2, 0.25) is 0 Å². The molecule has 0 aliphatic carbocycles. The van der Waals surface area contributed by atoms with Crippen LogP contribution in [0.3, 0.4) is 0 Å². The van der Waals surface area contributed by atoms with Gasteiger partial charge < -0.3 is 0 Å². The van der Waals surface area contributed by atoms with Gasteiger partial charge in [0.05, 0.1) is 2.74 Å². The van der Waals surface area contributed by atoms with Crippen LogP contribution in [0.4, 0.5) is 0 Å². The maximum atomic E-state index is 7.88. The van der Waals surface area contributed by atoms with Crippen LogP contribution < -0.4 is 0 Å². The fraction of sp³-hybridized carbons (Fsp3) is 0. The van der Waals surface area contributed by atoms with Crippen molar-refractivity contribution >= 4 is 21.5 Å². The van der Waals surface area contributed by atoms with Gasteiger partial charge in [0.25, 0.3) is 0 Å². The van der Waals surface area contributed by atoms with Crippen molar-refractivity contribution in [3.63, 3.8) is 0 Å². The van der Waals surface area contributed by atoms with E-state index >= 15 is 0 Å². The topological polar surface area (TPSA) is 0 Å². The van der Waals surface area contributed by atoms with Gasteiger partial charge >= 0.3 is 0 Å². The van der Waals surface area contributed by atoms with Crippen LogP contribution in [-0.2, 0) is 0 Å². The SMILES string of the molecule is [2H]c1ccc2cc3ccccc3cc2c1[2H]. The summed E-state index contributed by atoms with van der Waals surface area (Å²) in [6, 6.07) is 16.3. The normalized spacial score (nSPS) is 12.9. The zero-order valence-electron chi connectivity index (χ0n) is 9.62. The molecule has 3 aromatic rings. The Balaban J connectivity index is 2.51. The van der Waals surface area contributed by atoms with E-state index in [2.05, 4.69) is 12.1 Å². The maximum absolute atomic E-state index is 7.88. The van der Waals surface area contributed by atoms with Crippen LogP contribution in [0.25, 0.3) is 21.5 Å². The van der Waals surface area contributed by atoms with Crippen molar-refractivity contribution in [3.8, 4) is 0 Å². The number of benzene rings is 3. The van der Waals surface area contributed by atoms with Crippen LogP contribution in [0, 0.1) is 0 Å². The summed E-state index contributed by atoms with van der Waals surface area (Å²) in [5.74, 6) is 0. The fourth-order valence-electron chi connectivity index (χ4n) is 1.75. The highest BCUT2D eigenvalue weighted by atomic mass is 14.0. The molecule has 0 N–H and O–H groups in total. The van der Waals surface area contributed by atoms with Crippen molar-refractivity contribution < 1.29 is 2.74 Å². The van der Waals surface area contributed by atoms with Crippen LogP contribution in [-0.4, -0.2) is 0 Å². The summed E-state index contributed by atoms with van der Waals surface area (Å²) in [5.41, 5.74) is 0. The number of hydrogen-bond acceptors (Lipinski definition) is 0. The molecule has 0 amide bonds. The van der Waals surface area contributed by atoms with E-state index in [-0.39, 0.29) is 6.04 Å². The first-order valence-electron chi connectivity index (χ1n) is 5.64. The predicted molar refractivity (Wildman–Crippen MR) is 61.5 cm³/mol. The van der Waals surface area contributed by atoms with E-state index in [4.69, 9.17) is 2.74 Å². The minimum absolute atomic E-state index is 0.280. The fourth-order valence-corrected chi connectivity index (χ4v) is 1.75. The second kappa shape index (κ2) is 2.85. The molecule has 3 aromatic carbocycles. The Bertz CT molecular complexity index is 687. The average Bonchev–Trinajstić information content (AvgIpc) is 2.32. The second-order valence-corrected chi connectivity index (χ2v) is 3.39. The largest absolute Gasteiger partial charge is 0.0629 e. The summed E-state index contributed by atoms with van der Waals surface area (Å²) < 4.78 is 15.5. The maximum Gasteiger partial charge on any atom is 0.0629 e. The number of rotatable bonds is 0. The third-order valence-electron chi connectivity index (χ3n) is 2.47. The highest BCUT2D eigenvalue weighted by Gasteiger charge is 1.95. The molecule has 0 atom stereocenters. The molecule has 0 saturated heterocycles. The molecular weight excluding hydrogens is 168 g/mol. The Morgan fingerprint density at radius 3 is 2.07 bits per heavy atom. The van der Waals surface area contributed by atoms with Crippen molar-refractivity contribution in [1.82, 2.24) is 0 Å². The number of fused-ring (bicyclic) bond motifs is 2. The van der Waals surface area contributed by atoms with Gasteiger partial charge in [0.2, 0.25) is 0 Å². The van der Waals surface area contributed by atoms with Crippen LogP contribution in [0.15, 0.2) is 60.6 Å². The second-order valence-electron chi connectivity index (χ2n) is 3.39. The lowest BCUT2D eigenvalue weighted by Gasteiger charge is -2.00. The standard InChI is InChI=1S/C14H10/c1-2-6-12-10-14-8-4-3-7-13(14)9-11(12)5-1/h1-10H/i1D,5D. The van der Waals surface area contributed by atoms with Crippen molar-refractivity contribution in [2.75, 3.05) is 0 Å². The van der Waals surface area contributed by atoms with Crippen LogP contribution in [0.5, 0.6) is 0 Å². The van der Waals surface area contributed by atoms with Crippen molar-refractivity contribution in [3.05, 3.63) is 60.6 Å². The highest BCUT2D eigenvalue weighted by Crippen LogP contribution is 2.21. The molecule has 0 heteroatoms. The summed E-state index contributed by atoms with van der Waals surface area (Å²) in [5, 5.41) is 4.17. The Kier molecular flexibility index (Phi) is 1.18. The minimum Gasteiger partial charge on any atom is -0.0616 e. The molecule has 0 spiro atoms. The van der Waals surface area contributed by atoms with E-state index in [1.165, 1.54) is 5.39 Å². The minimum atomic E-state index is 0.280. The Labute approximate surface area is 85.6 Å². The van der Waals surface area contributed by atoms with E-state index in [0.29, 0.717) is 6.04 Å². The van der Waals surface area contributed by atoms with Gasteiger partial charge in [-0.25, -0.2) is 0 Å².